The standard InChI is InChI=1S/C17H23N5O2/c23-17(19-9-8-16-3-1-2-10-24-16)20-11-14-4-6-15(7-5-14)22-13-18-12-21-22/h4-7,12-13,16H,1-3,8-11H2,(H2,19,20,23). The minimum absolute atomic E-state index is 0.147. The van der Waals surface area contributed by atoms with E-state index >= 15 is 0 Å². The minimum atomic E-state index is -0.147. The summed E-state index contributed by atoms with van der Waals surface area (Å²) in [7, 11) is 0. The smallest absolute Gasteiger partial charge is 0.315 e. The Morgan fingerprint density at radius 2 is 2.12 bits per heavy atom. The van der Waals surface area contributed by atoms with Gasteiger partial charge in [-0.2, -0.15) is 5.10 Å². The Balaban J connectivity index is 1.36. The second kappa shape index (κ2) is 8.44. The lowest BCUT2D eigenvalue weighted by atomic mass is 10.1. The molecule has 7 nitrogen and oxygen atoms in total. The Labute approximate surface area is 141 Å². The molecule has 2 amide bonds. The Bertz CT molecular complexity index is 621. The van der Waals surface area contributed by atoms with Crippen LogP contribution in [0.15, 0.2) is 36.9 Å². The summed E-state index contributed by atoms with van der Waals surface area (Å²) in [6.07, 6.45) is 7.79. The molecule has 1 aliphatic heterocycles. The lowest BCUT2D eigenvalue weighted by molar-refractivity contribution is 0.0120. The summed E-state index contributed by atoms with van der Waals surface area (Å²) < 4.78 is 7.34. The van der Waals surface area contributed by atoms with Crippen molar-refractivity contribution in [3.63, 3.8) is 0 Å². The second-order valence-electron chi connectivity index (χ2n) is 5.89. The van der Waals surface area contributed by atoms with Crippen molar-refractivity contribution in [1.29, 1.82) is 0 Å². The van der Waals surface area contributed by atoms with Gasteiger partial charge < -0.3 is 15.4 Å². The molecule has 0 bridgehead atoms. The van der Waals surface area contributed by atoms with Crippen LogP contribution in [0.5, 0.6) is 0 Å². The highest BCUT2D eigenvalue weighted by atomic mass is 16.5. The summed E-state index contributed by atoms with van der Waals surface area (Å²) in [6, 6.07) is 7.68. The van der Waals surface area contributed by atoms with E-state index < -0.39 is 0 Å². The number of amides is 2. The van der Waals surface area contributed by atoms with E-state index in [1.807, 2.05) is 24.3 Å². The highest BCUT2D eigenvalue weighted by Crippen LogP contribution is 2.14. The van der Waals surface area contributed by atoms with Crippen molar-refractivity contribution in [3.8, 4) is 5.69 Å². The van der Waals surface area contributed by atoms with E-state index in [-0.39, 0.29) is 6.03 Å². The molecule has 1 aromatic carbocycles. The topological polar surface area (TPSA) is 81.1 Å². The fraction of sp³-hybridized carbons (Fsp3) is 0.471. The van der Waals surface area contributed by atoms with E-state index in [1.165, 1.54) is 12.7 Å². The van der Waals surface area contributed by atoms with Crippen LogP contribution in [0.25, 0.3) is 5.69 Å². The van der Waals surface area contributed by atoms with Gasteiger partial charge in [0.1, 0.15) is 12.7 Å². The number of urea groups is 1. The largest absolute Gasteiger partial charge is 0.378 e. The van der Waals surface area contributed by atoms with Crippen molar-refractivity contribution >= 4 is 6.03 Å². The molecule has 2 aromatic rings. The molecule has 128 valence electrons. The maximum absolute atomic E-state index is 11.8. The van der Waals surface area contributed by atoms with Gasteiger partial charge in [-0.1, -0.05) is 12.1 Å². The van der Waals surface area contributed by atoms with Gasteiger partial charge in [0, 0.05) is 19.7 Å². The summed E-state index contributed by atoms with van der Waals surface area (Å²) in [5.74, 6) is 0. The molecule has 1 saturated heterocycles. The summed E-state index contributed by atoms with van der Waals surface area (Å²) in [4.78, 5) is 15.7. The van der Waals surface area contributed by atoms with Crippen LogP contribution in [0.2, 0.25) is 0 Å². The first-order valence-electron chi connectivity index (χ1n) is 8.38. The molecule has 0 radical (unpaired) electrons. The van der Waals surface area contributed by atoms with Crippen LogP contribution in [0.1, 0.15) is 31.2 Å². The van der Waals surface area contributed by atoms with Gasteiger partial charge in [0.15, 0.2) is 0 Å². The van der Waals surface area contributed by atoms with Crippen molar-refractivity contribution in [3.05, 3.63) is 42.5 Å². The van der Waals surface area contributed by atoms with Crippen LogP contribution in [0, 0.1) is 0 Å². The number of rotatable bonds is 6. The molecule has 0 aliphatic carbocycles. The van der Waals surface area contributed by atoms with Crippen LogP contribution >= 0.6 is 0 Å². The van der Waals surface area contributed by atoms with E-state index in [0.29, 0.717) is 19.2 Å². The number of carbonyl (C=O) groups excluding carboxylic acids is 1. The zero-order valence-electron chi connectivity index (χ0n) is 13.6. The van der Waals surface area contributed by atoms with Crippen LogP contribution in [0.3, 0.4) is 0 Å². The van der Waals surface area contributed by atoms with E-state index in [0.717, 1.165) is 37.1 Å². The predicted molar refractivity (Wildman–Crippen MR) is 89.8 cm³/mol. The number of carbonyl (C=O) groups is 1. The molecule has 0 saturated carbocycles. The highest BCUT2D eigenvalue weighted by Gasteiger charge is 2.13. The van der Waals surface area contributed by atoms with Crippen LogP contribution in [-0.4, -0.2) is 40.1 Å². The molecule has 1 unspecified atom stereocenters. The Kier molecular flexibility index (Phi) is 5.79. The molecule has 1 fully saturated rings. The Morgan fingerprint density at radius 3 is 2.83 bits per heavy atom. The van der Waals surface area contributed by atoms with Crippen LogP contribution < -0.4 is 10.6 Å². The second-order valence-corrected chi connectivity index (χ2v) is 5.89. The molecule has 0 spiro atoms. The third-order valence-electron chi connectivity index (χ3n) is 4.10. The highest BCUT2D eigenvalue weighted by molar-refractivity contribution is 5.73. The average molecular weight is 329 g/mol. The minimum Gasteiger partial charge on any atom is -0.378 e. The number of hydrogen-bond acceptors (Lipinski definition) is 4. The van der Waals surface area contributed by atoms with Crippen LogP contribution in [0.4, 0.5) is 4.79 Å². The van der Waals surface area contributed by atoms with Crippen molar-refractivity contribution in [2.45, 2.75) is 38.3 Å². The first-order chi connectivity index (χ1) is 11.8. The van der Waals surface area contributed by atoms with E-state index in [9.17, 15) is 4.79 Å². The Hall–Kier alpha value is -2.41. The Morgan fingerprint density at radius 1 is 1.25 bits per heavy atom. The molecular weight excluding hydrogens is 306 g/mol. The first kappa shape index (κ1) is 16.4. The summed E-state index contributed by atoms with van der Waals surface area (Å²) in [5.41, 5.74) is 1.97. The maximum Gasteiger partial charge on any atom is 0.315 e. The maximum atomic E-state index is 11.8. The fourth-order valence-corrected chi connectivity index (χ4v) is 2.73. The first-order valence-corrected chi connectivity index (χ1v) is 8.38. The zero-order chi connectivity index (χ0) is 16.6. The molecule has 2 N–H and O–H groups in total. The number of benzene rings is 1. The lowest BCUT2D eigenvalue weighted by Crippen LogP contribution is -2.37. The quantitative estimate of drug-likeness (QED) is 0.849. The lowest BCUT2D eigenvalue weighted by Gasteiger charge is -2.22. The molecule has 7 heteroatoms. The third-order valence-corrected chi connectivity index (χ3v) is 4.10. The van der Waals surface area contributed by atoms with E-state index in [1.54, 1.807) is 11.0 Å². The summed E-state index contributed by atoms with van der Waals surface area (Å²) in [5, 5.41) is 9.82. The molecule has 24 heavy (non-hydrogen) atoms. The molecule has 1 aliphatic rings. The SMILES string of the molecule is O=C(NCCC1CCCCO1)NCc1ccc(-n2cncn2)cc1. The molecular formula is C17H23N5O2. The van der Waals surface area contributed by atoms with Crippen molar-refractivity contribution in [2.24, 2.45) is 0 Å². The van der Waals surface area contributed by atoms with Gasteiger partial charge in [-0.3, -0.25) is 0 Å². The van der Waals surface area contributed by atoms with Gasteiger partial charge in [0.2, 0.25) is 0 Å². The number of aromatic nitrogens is 3. The molecule has 2 heterocycles. The summed E-state index contributed by atoms with van der Waals surface area (Å²) >= 11 is 0. The van der Waals surface area contributed by atoms with E-state index in [2.05, 4.69) is 20.7 Å². The zero-order valence-corrected chi connectivity index (χ0v) is 13.6. The predicted octanol–water partition coefficient (Wildman–Crippen LogP) is 2.03. The third kappa shape index (κ3) is 4.79. The molecule has 3 rings (SSSR count). The number of nitrogens with zero attached hydrogens (tertiary/aromatic N) is 3. The van der Waals surface area contributed by atoms with Gasteiger partial charge in [0.25, 0.3) is 0 Å². The number of nitrogens with one attached hydrogen (secondary N) is 2. The van der Waals surface area contributed by atoms with Crippen molar-refractivity contribution in [2.75, 3.05) is 13.2 Å². The summed E-state index contributed by atoms with van der Waals surface area (Å²) in [6.45, 7) is 1.98. The van der Waals surface area contributed by atoms with Gasteiger partial charge in [-0.05, 0) is 43.4 Å². The van der Waals surface area contributed by atoms with Gasteiger partial charge >= 0.3 is 6.03 Å². The van der Waals surface area contributed by atoms with Crippen molar-refractivity contribution in [1.82, 2.24) is 25.4 Å². The monoisotopic (exact) mass is 329 g/mol. The van der Waals surface area contributed by atoms with Gasteiger partial charge in [-0.25, -0.2) is 14.5 Å². The fourth-order valence-electron chi connectivity index (χ4n) is 2.73. The van der Waals surface area contributed by atoms with E-state index in [4.69, 9.17) is 4.74 Å². The van der Waals surface area contributed by atoms with Gasteiger partial charge in [0.05, 0.1) is 11.8 Å². The van der Waals surface area contributed by atoms with Crippen LogP contribution in [-0.2, 0) is 11.3 Å². The normalized spacial score (nSPS) is 17.4. The number of ether oxygens (including phenoxy) is 1. The van der Waals surface area contributed by atoms with Crippen molar-refractivity contribution < 1.29 is 9.53 Å². The average Bonchev–Trinajstić information content (AvgIpc) is 3.16. The van der Waals surface area contributed by atoms with Gasteiger partial charge in [-0.15, -0.1) is 0 Å². The molecule has 1 atom stereocenters. The number of hydrogen-bond donors (Lipinski definition) is 2. The molecule has 1 aromatic heterocycles.